The SMILES string of the molecule is Cl.N#Cc1ccc(N)cc1CCCCOc1ccccc1[C@H](N)CO. The molecule has 0 saturated heterocycles. The summed E-state index contributed by atoms with van der Waals surface area (Å²) in [5.41, 5.74) is 14.8. The number of nitrogens with two attached hydrogens (primary N) is 2. The Labute approximate surface area is 154 Å². The number of nitrogen functional groups attached to an aromatic ring is 1. The number of anilines is 1. The van der Waals surface area contributed by atoms with Gasteiger partial charge in [-0.3, -0.25) is 0 Å². The van der Waals surface area contributed by atoms with Gasteiger partial charge in [0.15, 0.2) is 0 Å². The third kappa shape index (κ3) is 5.95. The maximum atomic E-state index is 9.20. The van der Waals surface area contributed by atoms with Crippen LogP contribution < -0.4 is 16.2 Å². The van der Waals surface area contributed by atoms with E-state index in [4.69, 9.17) is 21.5 Å². The fourth-order valence-electron chi connectivity index (χ4n) is 2.55. The molecule has 0 aliphatic rings. The number of aliphatic hydroxyl groups is 1. The molecule has 6 heteroatoms. The summed E-state index contributed by atoms with van der Waals surface area (Å²) in [7, 11) is 0. The molecular formula is C19H24ClN3O2. The van der Waals surface area contributed by atoms with E-state index in [0.717, 1.165) is 30.4 Å². The van der Waals surface area contributed by atoms with Crippen LogP contribution in [0.2, 0.25) is 0 Å². The first-order valence-corrected chi connectivity index (χ1v) is 8.02. The number of para-hydroxylation sites is 1. The molecule has 0 spiro atoms. The molecule has 2 aromatic rings. The summed E-state index contributed by atoms with van der Waals surface area (Å²) in [6.45, 7) is 0.437. The van der Waals surface area contributed by atoms with Crippen molar-refractivity contribution >= 4 is 18.1 Å². The van der Waals surface area contributed by atoms with Crippen LogP contribution in [0.25, 0.3) is 0 Å². The van der Waals surface area contributed by atoms with Gasteiger partial charge in [-0.2, -0.15) is 5.26 Å². The number of aryl methyl sites for hydroxylation is 1. The van der Waals surface area contributed by atoms with Crippen molar-refractivity contribution in [3.05, 3.63) is 59.2 Å². The number of aliphatic hydroxyl groups excluding tert-OH is 1. The third-order valence-electron chi connectivity index (χ3n) is 3.86. The second kappa shape index (κ2) is 10.6. The Kier molecular flexibility index (Phi) is 8.79. The van der Waals surface area contributed by atoms with E-state index in [1.165, 1.54) is 0 Å². The second-order valence-electron chi connectivity index (χ2n) is 5.66. The van der Waals surface area contributed by atoms with E-state index in [1.807, 2.05) is 30.3 Å². The Morgan fingerprint density at radius 3 is 2.64 bits per heavy atom. The Morgan fingerprint density at radius 1 is 1.16 bits per heavy atom. The first-order chi connectivity index (χ1) is 11.7. The Bertz CT molecular complexity index is 716. The fraction of sp³-hybridized carbons (Fsp3) is 0.316. The molecule has 134 valence electrons. The summed E-state index contributed by atoms with van der Waals surface area (Å²) in [5.74, 6) is 0.709. The zero-order chi connectivity index (χ0) is 17.4. The van der Waals surface area contributed by atoms with Gasteiger partial charge in [-0.1, -0.05) is 18.2 Å². The van der Waals surface area contributed by atoms with Gasteiger partial charge in [0.2, 0.25) is 0 Å². The van der Waals surface area contributed by atoms with Crippen molar-refractivity contribution < 1.29 is 9.84 Å². The van der Waals surface area contributed by atoms with Gasteiger partial charge in [-0.25, -0.2) is 0 Å². The van der Waals surface area contributed by atoms with Crippen LogP contribution in [0, 0.1) is 11.3 Å². The minimum absolute atomic E-state index is 0. The third-order valence-corrected chi connectivity index (χ3v) is 3.86. The quantitative estimate of drug-likeness (QED) is 0.495. The molecule has 0 aliphatic carbocycles. The molecule has 2 aromatic carbocycles. The van der Waals surface area contributed by atoms with Crippen LogP contribution in [0.1, 0.15) is 35.6 Å². The van der Waals surface area contributed by atoms with Gasteiger partial charge in [0, 0.05) is 11.3 Å². The standard InChI is InChI=1S/C19H23N3O2.ClH/c20-12-15-8-9-16(21)11-14(15)5-3-4-10-24-19-7-2-1-6-17(19)18(22)13-23;/h1-2,6-9,11,18,23H,3-5,10,13,21-22H2;1H/t18-;/m1./s1. The smallest absolute Gasteiger partial charge is 0.124 e. The zero-order valence-electron chi connectivity index (χ0n) is 14.0. The number of ether oxygens (including phenoxy) is 1. The van der Waals surface area contributed by atoms with Crippen LogP contribution >= 0.6 is 12.4 Å². The van der Waals surface area contributed by atoms with E-state index >= 15 is 0 Å². The van der Waals surface area contributed by atoms with E-state index < -0.39 is 6.04 Å². The summed E-state index contributed by atoms with van der Waals surface area (Å²) in [6, 6.07) is 14.6. The highest BCUT2D eigenvalue weighted by Gasteiger charge is 2.10. The average Bonchev–Trinajstić information content (AvgIpc) is 2.61. The molecule has 0 aliphatic heterocycles. The lowest BCUT2D eigenvalue weighted by Gasteiger charge is -2.15. The van der Waals surface area contributed by atoms with Gasteiger partial charge in [0.05, 0.1) is 30.9 Å². The highest BCUT2D eigenvalue weighted by molar-refractivity contribution is 5.85. The molecule has 0 amide bonds. The van der Waals surface area contributed by atoms with Crippen molar-refractivity contribution in [3.63, 3.8) is 0 Å². The molecule has 0 unspecified atom stereocenters. The molecule has 0 saturated carbocycles. The minimum atomic E-state index is -0.438. The predicted molar refractivity (Wildman–Crippen MR) is 102 cm³/mol. The average molecular weight is 362 g/mol. The van der Waals surface area contributed by atoms with Crippen molar-refractivity contribution in [1.29, 1.82) is 5.26 Å². The van der Waals surface area contributed by atoms with Gasteiger partial charge in [-0.15, -0.1) is 12.4 Å². The lowest BCUT2D eigenvalue weighted by atomic mass is 10.0. The molecule has 0 aromatic heterocycles. The van der Waals surface area contributed by atoms with E-state index in [1.54, 1.807) is 12.1 Å². The van der Waals surface area contributed by atoms with Crippen LogP contribution in [0.5, 0.6) is 5.75 Å². The fourth-order valence-corrected chi connectivity index (χ4v) is 2.55. The van der Waals surface area contributed by atoms with E-state index in [-0.39, 0.29) is 19.0 Å². The number of nitriles is 1. The number of nitrogens with zero attached hydrogens (tertiary/aromatic N) is 1. The molecule has 1 atom stereocenters. The molecule has 0 bridgehead atoms. The lowest BCUT2D eigenvalue weighted by molar-refractivity contribution is 0.258. The van der Waals surface area contributed by atoms with E-state index in [2.05, 4.69) is 6.07 Å². The Balaban J connectivity index is 0.00000312. The number of benzene rings is 2. The van der Waals surface area contributed by atoms with E-state index in [0.29, 0.717) is 23.6 Å². The maximum Gasteiger partial charge on any atom is 0.124 e. The van der Waals surface area contributed by atoms with Crippen LogP contribution in [-0.2, 0) is 6.42 Å². The highest BCUT2D eigenvalue weighted by Crippen LogP contribution is 2.23. The van der Waals surface area contributed by atoms with Crippen molar-refractivity contribution in [2.75, 3.05) is 18.9 Å². The first kappa shape index (κ1) is 20.8. The predicted octanol–water partition coefficient (Wildman–Crippen LogP) is 2.96. The maximum absolute atomic E-state index is 9.20. The molecule has 5 N–H and O–H groups in total. The Hall–Kier alpha value is -2.26. The topological polar surface area (TPSA) is 105 Å². The van der Waals surface area contributed by atoms with Crippen molar-refractivity contribution in [2.45, 2.75) is 25.3 Å². The van der Waals surface area contributed by atoms with Crippen LogP contribution in [-0.4, -0.2) is 18.3 Å². The number of hydrogen-bond acceptors (Lipinski definition) is 5. The van der Waals surface area contributed by atoms with Crippen LogP contribution in [0.15, 0.2) is 42.5 Å². The summed E-state index contributed by atoms with van der Waals surface area (Å²) >= 11 is 0. The number of halogens is 1. The normalized spacial score (nSPS) is 11.2. The first-order valence-electron chi connectivity index (χ1n) is 8.02. The van der Waals surface area contributed by atoms with Crippen molar-refractivity contribution in [1.82, 2.24) is 0 Å². The summed E-state index contributed by atoms with van der Waals surface area (Å²) in [5, 5.41) is 18.3. The van der Waals surface area contributed by atoms with Gasteiger partial charge in [0.1, 0.15) is 5.75 Å². The number of hydrogen-bond donors (Lipinski definition) is 3. The van der Waals surface area contributed by atoms with E-state index in [9.17, 15) is 5.11 Å². The number of unbranched alkanes of at least 4 members (excludes halogenated alkanes) is 1. The highest BCUT2D eigenvalue weighted by atomic mass is 35.5. The Morgan fingerprint density at radius 2 is 1.92 bits per heavy atom. The van der Waals surface area contributed by atoms with Gasteiger partial charge in [0.25, 0.3) is 0 Å². The largest absolute Gasteiger partial charge is 0.493 e. The minimum Gasteiger partial charge on any atom is -0.493 e. The van der Waals surface area contributed by atoms with Gasteiger partial charge in [-0.05, 0) is 49.1 Å². The van der Waals surface area contributed by atoms with Crippen molar-refractivity contribution in [2.24, 2.45) is 5.73 Å². The van der Waals surface area contributed by atoms with Crippen LogP contribution in [0.3, 0.4) is 0 Å². The summed E-state index contributed by atoms with van der Waals surface area (Å²) < 4.78 is 5.80. The van der Waals surface area contributed by atoms with Gasteiger partial charge < -0.3 is 21.3 Å². The number of rotatable bonds is 8. The summed E-state index contributed by atoms with van der Waals surface area (Å²) in [4.78, 5) is 0. The van der Waals surface area contributed by atoms with Crippen LogP contribution in [0.4, 0.5) is 5.69 Å². The summed E-state index contributed by atoms with van der Waals surface area (Å²) in [6.07, 6.45) is 2.53. The zero-order valence-corrected chi connectivity index (χ0v) is 14.8. The van der Waals surface area contributed by atoms with Gasteiger partial charge >= 0.3 is 0 Å². The molecule has 25 heavy (non-hydrogen) atoms. The molecular weight excluding hydrogens is 338 g/mol. The van der Waals surface area contributed by atoms with Crippen molar-refractivity contribution in [3.8, 4) is 11.8 Å². The monoisotopic (exact) mass is 361 g/mol. The molecule has 0 fully saturated rings. The molecule has 0 heterocycles. The molecule has 5 nitrogen and oxygen atoms in total. The lowest BCUT2D eigenvalue weighted by Crippen LogP contribution is -2.16. The molecule has 0 radical (unpaired) electrons. The second-order valence-corrected chi connectivity index (χ2v) is 5.66. The molecule has 2 rings (SSSR count).